The Morgan fingerprint density at radius 2 is 1.58 bits per heavy atom. The molecule has 0 fully saturated rings. The fourth-order valence-electron chi connectivity index (χ4n) is 3.90. The molecule has 0 saturated heterocycles. The van der Waals surface area contributed by atoms with Crippen LogP contribution in [0.25, 0.3) is 0 Å². The van der Waals surface area contributed by atoms with Gasteiger partial charge in [-0.3, -0.25) is 9.59 Å². The van der Waals surface area contributed by atoms with Crippen LogP contribution >= 0.6 is 0 Å². The van der Waals surface area contributed by atoms with Gasteiger partial charge in [-0.15, -0.1) is 13.2 Å². The highest BCUT2D eigenvalue weighted by Crippen LogP contribution is 2.39. The summed E-state index contributed by atoms with van der Waals surface area (Å²) >= 11 is 0. The lowest BCUT2D eigenvalue weighted by Gasteiger charge is -2.34. The van der Waals surface area contributed by atoms with Crippen LogP contribution in [-0.4, -0.2) is 34.2 Å². The van der Waals surface area contributed by atoms with Gasteiger partial charge in [-0.1, -0.05) is 42.5 Å². The van der Waals surface area contributed by atoms with Gasteiger partial charge >= 0.3 is 12.3 Å². The van der Waals surface area contributed by atoms with E-state index >= 15 is 0 Å². The number of ether oxygens (including phenoxy) is 1. The van der Waals surface area contributed by atoms with Crippen molar-refractivity contribution < 1.29 is 46.2 Å². The third-order valence-electron chi connectivity index (χ3n) is 5.37. The maximum absolute atomic E-state index is 14.0. The maximum atomic E-state index is 14.0. The van der Waals surface area contributed by atoms with Crippen molar-refractivity contribution in [2.24, 2.45) is 0 Å². The Hall–Kier alpha value is -4.48. The van der Waals surface area contributed by atoms with Gasteiger partial charge in [-0.05, 0) is 29.3 Å². The number of nitrogens with zero attached hydrogens (tertiary/aromatic N) is 1. The predicted octanol–water partition coefficient (Wildman–Crippen LogP) is 4.82. The van der Waals surface area contributed by atoms with Crippen molar-refractivity contribution >= 4 is 23.5 Å². The Labute approximate surface area is 199 Å². The first kappa shape index (κ1) is 24.6. The zero-order valence-corrected chi connectivity index (χ0v) is 17.9. The molecule has 2 amide bonds. The number of carboxylic acid groups (broad SMARTS) is 1. The van der Waals surface area contributed by atoms with Gasteiger partial charge in [0.15, 0.2) is 17.7 Å². The zero-order chi connectivity index (χ0) is 26.2. The standard InChI is InChI=1S/C24H15F5N2O5/c25-16-10-15-18(11-17(16)26)30-21(32)19(13-6-8-14(9-7-13)36-24(27,28)29)31(22(15)33)20(23(34)35)12-4-2-1-3-5-12/h1-11,19-20H,(H,30,32)(H,34,35). The molecule has 0 bridgehead atoms. The molecule has 0 radical (unpaired) electrons. The number of hydrogen-bond donors (Lipinski definition) is 2. The van der Waals surface area contributed by atoms with E-state index < -0.39 is 64.9 Å². The second-order valence-corrected chi connectivity index (χ2v) is 7.68. The summed E-state index contributed by atoms with van der Waals surface area (Å²) in [7, 11) is 0. The van der Waals surface area contributed by atoms with Crippen LogP contribution in [-0.2, 0) is 9.59 Å². The van der Waals surface area contributed by atoms with Crippen molar-refractivity contribution in [2.45, 2.75) is 18.4 Å². The number of carbonyl (C=O) groups is 3. The molecular weight excluding hydrogens is 491 g/mol. The minimum absolute atomic E-state index is 0.0775. The molecule has 186 valence electrons. The number of hydrogen-bond acceptors (Lipinski definition) is 4. The van der Waals surface area contributed by atoms with Crippen LogP contribution in [0, 0.1) is 11.6 Å². The molecule has 12 heteroatoms. The summed E-state index contributed by atoms with van der Waals surface area (Å²) in [6, 6.07) is 8.84. The number of carboxylic acids is 1. The molecule has 2 unspecified atom stereocenters. The lowest BCUT2D eigenvalue weighted by Crippen LogP contribution is -2.44. The van der Waals surface area contributed by atoms with Crippen molar-refractivity contribution in [3.05, 3.63) is 95.1 Å². The molecule has 0 aromatic heterocycles. The number of halogens is 5. The molecule has 3 aromatic rings. The highest BCUT2D eigenvalue weighted by atomic mass is 19.4. The molecule has 4 rings (SSSR count). The van der Waals surface area contributed by atoms with E-state index in [4.69, 9.17) is 0 Å². The molecule has 2 N–H and O–H groups in total. The molecule has 0 spiro atoms. The fourth-order valence-corrected chi connectivity index (χ4v) is 3.90. The SMILES string of the molecule is O=C(O)C(c1ccccc1)N1C(=O)c2cc(F)c(F)cc2NC(=O)C1c1ccc(OC(F)(F)F)cc1. The summed E-state index contributed by atoms with van der Waals surface area (Å²) in [5.74, 6) is -7.06. The second-order valence-electron chi connectivity index (χ2n) is 7.68. The summed E-state index contributed by atoms with van der Waals surface area (Å²) in [6.07, 6.45) is -4.99. The summed E-state index contributed by atoms with van der Waals surface area (Å²) in [6.45, 7) is 0. The van der Waals surface area contributed by atoms with Gasteiger partial charge in [-0.25, -0.2) is 13.6 Å². The second kappa shape index (κ2) is 9.29. The van der Waals surface area contributed by atoms with Gasteiger partial charge < -0.3 is 20.1 Å². The van der Waals surface area contributed by atoms with Crippen LogP contribution in [0.1, 0.15) is 33.6 Å². The molecule has 0 saturated carbocycles. The van der Waals surface area contributed by atoms with E-state index in [9.17, 15) is 41.4 Å². The number of amides is 2. The normalized spacial score (nSPS) is 16.6. The average molecular weight is 506 g/mol. The molecule has 0 aliphatic carbocycles. The Balaban J connectivity index is 1.90. The fraction of sp³-hybridized carbons (Fsp3) is 0.125. The first-order valence-electron chi connectivity index (χ1n) is 10.2. The van der Waals surface area contributed by atoms with E-state index in [0.29, 0.717) is 17.0 Å². The number of rotatable bonds is 5. The number of nitrogens with one attached hydrogen (secondary N) is 1. The van der Waals surface area contributed by atoms with Crippen LogP contribution in [0.3, 0.4) is 0 Å². The summed E-state index contributed by atoms with van der Waals surface area (Å²) in [4.78, 5) is 39.9. The van der Waals surface area contributed by atoms with Crippen molar-refractivity contribution in [1.29, 1.82) is 0 Å². The lowest BCUT2D eigenvalue weighted by molar-refractivity contribution is -0.274. The Morgan fingerprint density at radius 1 is 0.972 bits per heavy atom. The Bertz CT molecular complexity index is 1330. The monoisotopic (exact) mass is 506 g/mol. The van der Waals surface area contributed by atoms with Gasteiger partial charge in [-0.2, -0.15) is 0 Å². The van der Waals surface area contributed by atoms with Crippen LogP contribution in [0.15, 0.2) is 66.7 Å². The van der Waals surface area contributed by atoms with Crippen molar-refractivity contribution in [1.82, 2.24) is 4.90 Å². The number of benzene rings is 3. The van der Waals surface area contributed by atoms with Crippen LogP contribution in [0.4, 0.5) is 27.6 Å². The van der Waals surface area contributed by atoms with Crippen molar-refractivity contribution in [3.63, 3.8) is 0 Å². The maximum Gasteiger partial charge on any atom is 0.573 e. The highest BCUT2D eigenvalue weighted by molar-refractivity contribution is 6.11. The van der Waals surface area contributed by atoms with E-state index in [2.05, 4.69) is 10.1 Å². The molecular formula is C24H15F5N2O5. The Kier molecular flexibility index (Phi) is 6.35. The lowest BCUT2D eigenvalue weighted by atomic mass is 9.97. The zero-order valence-electron chi connectivity index (χ0n) is 17.9. The van der Waals surface area contributed by atoms with Crippen LogP contribution in [0.2, 0.25) is 0 Å². The molecule has 36 heavy (non-hydrogen) atoms. The van der Waals surface area contributed by atoms with Crippen LogP contribution < -0.4 is 10.1 Å². The number of alkyl halides is 3. The number of carbonyl (C=O) groups excluding carboxylic acids is 2. The van der Waals surface area contributed by atoms with Crippen molar-refractivity contribution in [3.8, 4) is 5.75 Å². The van der Waals surface area contributed by atoms with E-state index in [1.807, 2.05) is 0 Å². The largest absolute Gasteiger partial charge is 0.573 e. The van der Waals surface area contributed by atoms with Gasteiger partial charge in [0.25, 0.3) is 11.8 Å². The molecule has 2 atom stereocenters. The minimum Gasteiger partial charge on any atom is -0.479 e. The van der Waals surface area contributed by atoms with Gasteiger partial charge in [0.1, 0.15) is 11.8 Å². The molecule has 1 aliphatic rings. The number of aliphatic carboxylic acids is 1. The predicted molar refractivity (Wildman–Crippen MR) is 114 cm³/mol. The highest BCUT2D eigenvalue weighted by Gasteiger charge is 2.44. The van der Waals surface area contributed by atoms with Gasteiger partial charge in [0.2, 0.25) is 0 Å². The summed E-state index contributed by atoms with van der Waals surface area (Å²) in [5.41, 5.74) is -0.903. The first-order valence-corrected chi connectivity index (χ1v) is 10.2. The topological polar surface area (TPSA) is 95.9 Å². The van der Waals surface area contributed by atoms with E-state index in [0.717, 1.165) is 24.3 Å². The summed E-state index contributed by atoms with van der Waals surface area (Å²) < 4.78 is 69.4. The molecule has 1 heterocycles. The van der Waals surface area contributed by atoms with Crippen LogP contribution in [0.5, 0.6) is 5.75 Å². The first-order chi connectivity index (χ1) is 17.0. The average Bonchev–Trinajstić information content (AvgIpc) is 2.89. The van der Waals surface area contributed by atoms with E-state index in [-0.39, 0.29) is 11.1 Å². The van der Waals surface area contributed by atoms with Gasteiger partial charge in [0, 0.05) is 6.07 Å². The smallest absolute Gasteiger partial charge is 0.479 e. The molecule has 3 aromatic carbocycles. The molecule has 7 nitrogen and oxygen atoms in total. The minimum atomic E-state index is -4.99. The Morgan fingerprint density at radius 3 is 2.17 bits per heavy atom. The molecule has 1 aliphatic heterocycles. The van der Waals surface area contributed by atoms with Crippen molar-refractivity contribution in [2.75, 3.05) is 5.32 Å². The number of fused-ring (bicyclic) bond motifs is 1. The third-order valence-corrected chi connectivity index (χ3v) is 5.37. The van der Waals surface area contributed by atoms with Gasteiger partial charge in [0.05, 0.1) is 11.3 Å². The number of anilines is 1. The van der Waals surface area contributed by atoms with E-state index in [1.54, 1.807) is 6.07 Å². The van der Waals surface area contributed by atoms with E-state index in [1.165, 1.54) is 24.3 Å². The summed E-state index contributed by atoms with van der Waals surface area (Å²) in [5, 5.41) is 12.3. The quantitative estimate of drug-likeness (QED) is 0.484. The third kappa shape index (κ3) is 4.83.